The molecule has 0 aliphatic carbocycles. The molecule has 3 aromatic carbocycles. The van der Waals surface area contributed by atoms with Crippen LogP contribution in [0.4, 0.5) is 0 Å². The minimum absolute atomic E-state index is 0.146. The van der Waals surface area contributed by atoms with E-state index < -0.39 is 46.7 Å². The number of aliphatic hydroxyl groups is 4. The normalized spacial score (nSPS) is 29.0. The summed E-state index contributed by atoms with van der Waals surface area (Å²) >= 11 is 0. The van der Waals surface area contributed by atoms with E-state index in [1.54, 1.807) is 25.1 Å². The predicted octanol–water partition coefficient (Wildman–Crippen LogP) is 1.93. The highest BCUT2D eigenvalue weighted by molar-refractivity contribution is 6.18. The van der Waals surface area contributed by atoms with Crippen LogP contribution in [0.3, 0.4) is 0 Å². The zero-order valence-electron chi connectivity index (χ0n) is 20.6. The summed E-state index contributed by atoms with van der Waals surface area (Å²) in [5, 5.41) is 47.9. The average Bonchev–Trinajstić information content (AvgIpc) is 2.97. The van der Waals surface area contributed by atoms with Crippen molar-refractivity contribution in [1.82, 2.24) is 0 Å². The van der Waals surface area contributed by atoms with Crippen LogP contribution in [-0.4, -0.2) is 73.8 Å². The Morgan fingerprint density at radius 1 is 0.684 bits per heavy atom. The van der Waals surface area contributed by atoms with Gasteiger partial charge < -0.3 is 29.9 Å². The number of Topliss-reactive ketones (excluding diaryl/α,β-unsaturated/α-hetero) is 3. The zero-order chi connectivity index (χ0) is 27.6. The Hall–Kier alpha value is -3.57. The molecule has 3 aromatic rings. The van der Waals surface area contributed by atoms with Crippen LogP contribution in [-0.2, 0) is 9.47 Å². The van der Waals surface area contributed by atoms with Crippen molar-refractivity contribution in [2.24, 2.45) is 0 Å². The molecule has 0 amide bonds. The number of hydrogen-bond acceptors (Lipinski definition) is 9. The standard InChI is InChI=1S/C29H28O9/c1-2-18-37-29(36)28(35,25(32)22-16-10-5-11-17-22)27(34,24(31)21-14-8-4-9-15-21)26(33,19-38-29)23(30)20-12-6-3-7-13-20/h3-17,33-36H,2,18-19H2,1H3/t26-,27+,28-,29-/m0/s1. The van der Waals surface area contributed by atoms with Crippen LogP contribution in [0.15, 0.2) is 91.0 Å². The van der Waals surface area contributed by atoms with E-state index in [1.807, 2.05) is 0 Å². The monoisotopic (exact) mass is 520 g/mol. The van der Waals surface area contributed by atoms with Gasteiger partial charge in [0.25, 0.3) is 0 Å². The lowest BCUT2D eigenvalue weighted by Gasteiger charge is -2.57. The fourth-order valence-electron chi connectivity index (χ4n) is 4.64. The van der Waals surface area contributed by atoms with Crippen molar-refractivity contribution in [3.8, 4) is 0 Å². The first-order valence-corrected chi connectivity index (χ1v) is 12.0. The van der Waals surface area contributed by atoms with Gasteiger partial charge in [0.05, 0.1) is 13.2 Å². The third-order valence-corrected chi connectivity index (χ3v) is 6.70. The molecule has 198 valence electrons. The van der Waals surface area contributed by atoms with E-state index >= 15 is 0 Å². The van der Waals surface area contributed by atoms with Gasteiger partial charge in [0, 0.05) is 16.7 Å². The molecule has 0 saturated carbocycles. The number of ketones is 3. The number of benzene rings is 3. The van der Waals surface area contributed by atoms with Crippen LogP contribution in [0.5, 0.6) is 0 Å². The van der Waals surface area contributed by atoms with Crippen LogP contribution in [0.1, 0.15) is 44.4 Å². The van der Waals surface area contributed by atoms with Gasteiger partial charge in [-0.1, -0.05) is 97.9 Å². The molecule has 0 aromatic heterocycles. The summed E-state index contributed by atoms with van der Waals surface area (Å²) in [6.45, 7) is 0.197. The Morgan fingerprint density at radius 3 is 1.50 bits per heavy atom. The first kappa shape index (κ1) is 27.5. The molecule has 0 unspecified atom stereocenters. The molecule has 4 rings (SSSR count). The SMILES string of the molecule is CCCO[C@]1(O)OC[C@](O)(C(=O)c2ccccc2)[C@](O)(C(=O)c2ccccc2)[C@@]1(O)C(=O)c1ccccc1. The Kier molecular flexibility index (Phi) is 7.44. The highest BCUT2D eigenvalue weighted by atomic mass is 16.8. The number of ether oxygens (including phenoxy) is 2. The first-order valence-electron chi connectivity index (χ1n) is 12.0. The van der Waals surface area contributed by atoms with E-state index in [2.05, 4.69) is 0 Å². The average molecular weight is 521 g/mol. The zero-order valence-corrected chi connectivity index (χ0v) is 20.6. The van der Waals surface area contributed by atoms with E-state index in [9.17, 15) is 34.8 Å². The molecule has 1 fully saturated rings. The lowest BCUT2D eigenvalue weighted by Crippen LogP contribution is -2.88. The molecule has 9 heteroatoms. The second-order valence-corrected chi connectivity index (χ2v) is 9.09. The molecular formula is C29H28O9. The molecule has 4 atom stereocenters. The molecule has 0 bridgehead atoms. The maximum atomic E-state index is 14.1. The highest BCUT2D eigenvalue weighted by Gasteiger charge is 2.83. The van der Waals surface area contributed by atoms with Gasteiger partial charge in [-0.25, -0.2) is 0 Å². The third kappa shape index (κ3) is 4.01. The van der Waals surface area contributed by atoms with Crippen molar-refractivity contribution in [1.29, 1.82) is 0 Å². The van der Waals surface area contributed by atoms with Gasteiger partial charge in [-0.2, -0.15) is 0 Å². The van der Waals surface area contributed by atoms with Crippen LogP contribution in [0.2, 0.25) is 0 Å². The first-order chi connectivity index (χ1) is 18.1. The largest absolute Gasteiger partial charge is 0.376 e. The Bertz CT molecular complexity index is 1310. The second-order valence-electron chi connectivity index (χ2n) is 9.09. The summed E-state index contributed by atoms with van der Waals surface area (Å²) in [4.78, 5) is 41.8. The van der Waals surface area contributed by atoms with Gasteiger partial charge in [-0.15, -0.1) is 0 Å². The molecule has 9 nitrogen and oxygen atoms in total. The Labute approximate surface area is 218 Å². The minimum atomic E-state index is -3.72. The second kappa shape index (κ2) is 10.3. The fraction of sp³-hybridized carbons (Fsp3) is 0.276. The smallest absolute Gasteiger partial charge is 0.322 e. The van der Waals surface area contributed by atoms with Gasteiger partial charge in [0.1, 0.15) is 0 Å². The number of carbonyl (C=O) groups is 3. The van der Waals surface area contributed by atoms with E-state index in [0.717, 1.165) is 0 Å². The van der Waals surface area contributed by atoms with Crippen LogP contribution in [0, 0.1) is 0 Å². The van der Waals surface area contributed by atoms with E-state index in [1.165, 1.54) is 72.8 Å². The lowest BCUT2D eigenvalue weighted by atomic mass is 9.60. The van der Waals surface area contributed by atoms with Gasteiger partial charge >= 0.3 is 5.97 Å². The molecule has 1 heterocycles. The maximum absolute atomic E-state index is 14.1. The summed E-state index contributed by atoms with van der Waals surface area (Å²) < 4.78 is 10.7. The van der Waals surface area contributed by atoms with Gasteiger partial charge in [-0.05, 0) is 6.42 Å². The van der Waals surface area contributed by atoms with Crippen molar-refractivity contribution in [2.45, 2.75) is 36.1 Å². The quantitative estimate of drug-likeness (QED) is 0.245. The maximum Gasteiger partial charge on any atom is 0.322 e. The summed E-state index contributed by atoms with van der Waals surface area (Å²) in [6, 6.07) is 21.2. The predicted molar refractivity (Wildman–Crippen MR) is 134 cm³/mol. The van der Waals surface area contributed by atoms with Gasteiger partial charge in [0.2, 0.25) is 22.8 Å². The fourth-order valence-corrected chi connectivity index (χ4v) is 4.64. The van der Waals surface area contributed by atoms with Crippen molar-refractivity contribution in [2.75, 3.05) is 13.2 Å². The van der Waals surface area contributed by atoms with E-state index in [0.29, 0.717) is 0 Å². The lowest BCUT2D eigenvalue weighted by molar-refractivity contribution is -0.465. The highest BCUT2D eigenvalue weighted by Crippen LogP contribution is 2.50. The molecule has 1 aliphatic rings. The summed E-state index contributed by atoms with van der Waals surface area (Å²) in [5.41, 5.74) is -11.3. The van der Waals surface area contributed by atoms with Crippen LogP contribution >= 0.6 is 0 Å². The summed E-state index contributed by atoms with van der Waals surface area (Å²) in [6.07, 6.45) is 0.277. The van der Waals surface area contributed by atoms with Crippen molar-refractivity contribution in [3.05, 3.63) is 108 Å². The number of carbonyl (C=O) groups excluding carboxylic acids is 3. The van der Waals surface area contributed by atoms with Crippen molar-refractivity contribution < 1.29 is 44.3 Å². The molecular weight excluding hydrogens is 492 g/mol. The molecule has 1 aliphatic heterocycles. The topological polar surface area (TPSA) is 151 Å². The van der Waals surface area contributed by atoms with Gasteiger partial charge in [0.15, 0.2) is 11.4 Å². The van der Waals surface area contributed by atoms with Crippen molar-refractivity contribution >= 4 is 17.3 Å². The Morgan fingerprint density at radius 2 is 1.08 bits per heavy atom. The molecule has 4 N–H and O–H groups in total. The van der Waals surface area contributed by atoms with Crippen LogP contribution < -0.4 is 0 Å². The number of hydrogen-bond donors (Lipinski definition) is 4. The van der Waals surface area contributed by atoms with Crippen LogP contribution in [0.25, 0.3) is 0 Å². The summed E-state index contributed by atoms with van der Waals surface area (Å²) in [5.74, 6) is -7.37. The summed E-state index contributed by atoms with van der Waals surface area (Å²) in [7, 11) is 0. The molecule has 0 radical (unpaired) electrons. The van der Waals surface area contributed by atoms with Crippen molar-refractivity contribution in [3.63, 3.8) is 0 Å². The van der Waals surface area contributed by atoms with Gasteiger partial charge in [-0.3, -0.25) is 14.4 Å². The third-order valence-electron chi connectivity index (χ3n) is 6.70. The minimum Gasteiger partial charge on any atom is -0.376 e. The molecule has 1 saturated heterocycles. The molecule has 38 heavy (non-hydrogen) atoms. The molecule has 0 spiro atoms. The van der Waals surface area contributed by atoms with E-state index in [4.69, 9.17) is 9.47 Å². The number of rotatable bonds is 9. The Balaban J connectivity index is 2.05. The van der Waals surface area contributed by atoms with E-state index in [-0.39, 0.29) is 29.7 Å².